The summed E-state index contributed by atoms with van der Waals surface area (Å²) in [4.78, 5) is 2.20. The first-order valence-electron chi connectivity index (χ1n) is 5.81. The average molecular weight is 216 g/mol. The van der Waals surface area contributed by atoms with Gasteiger partial charge >= 0.3 is 0 Å². The van der Waals surface area contributed by atoms with E-state index in [1.165, 1.54) is 0 Å². The molecular formula is C12H28N2O. The van der Waals surface area contributed by atoms with Crippen LogP contribution in [0, 0.1) is 5.41 Å². The first-order valence-corrected chi connectivity index (χ1v) is 5.81. The van der Waals surface area contributed by atoms with E-state index in [1.807, 2.05) is 14.0 Å². The highest BCUT2D eigenvalue weighted by atomic mass is 16.3. The van der Waals surface area contributed by atoms with Crippen LogP contribution in [0.25, 0.3) is 0 Å². The first-order chi connectivity index (χ1) is 6.82. The van der Waals surface area contributed by atoms with Crippen LogP contribution in [0.15, 0.2) is 0 Å². The van der Waals surface area contributed by atoms with E-state index in [-0.39, 0.29) is 18.1 Å². The van der Waals surface area contributed by atoms with Crippen LogP contribution in [0.4, 0.5) is 0 Å². The second-order valence-electron chi connectivity index (χ2n) is 5.51. The Bertz CT molecular complexity index is 165. The number of aliphatic hydroxyl groups is 1. The molecule has 3 heteroatoms. The standard InChI is InChI=1S/C12H28N2O/c1-10(9-15)14(6)8-7-11(13-5)12(2,3)4/h10-11,13,15H,7-9H2,1-6H3. The zero-order valence-electron chi connectivity index (χ0n) is 11.2. The fraction of sp³-hybridized carbons (Fsp3) is 1.00. The molecule has 2 unspecified atom stereocenters. The summed E-state index contributed by atoms with van der Waals surface area (Å²) in [6.45, 7) is 10.1. The maximum Gasteiger partial charge on any atom is 0.0584 e. The molecule has 0 bridgehead atoms. The second-order valence-corrected chi connectivity index (χ2v) is 5.51. The normalized spacial score (nSPS) is 16.8. The highest BCUT2D eigenvalue weighted by molar-refractivity contribution is 4.80. The lowest BCUT2D eigenvalue weighted by Crippen LogP contribution is -2.42. The summed E-state index contributed by atoms with van der Waals surface area (Å²) in [5.74, 6) is 0. The first kappa shape index (κ1) is 14.9. The molecule has 0 aliphatic rings. The quantitative estimate of drug-likeness (QED) is 0.703. The van der Waals surface area contributed by atoms with Crippen LogP contribution in [-0.4, -0.2) is 49.3 Å². The van der Waals surface area contributed by atoms with E-state index < -0.39 is 0 Å². The lowest BCUT2D eigenvalue weighted by atomic mass is 9.85. The Morgan fingerprint density at radius 3 is 2.20 bits per heavy atom. The van der Waals surface area contributed by atoms with Crippen LogP contribution in [0.3, 0.4) is 0 Å². The van der Waals surface area contributed by atoms with Crippen LogP contribution in [0.5, 0.6) is 0 Å². The molecule has 0 radical (unpaired) electrons. The van der Waals surface area contributed by atoms with Crippen molar-refractivity contribution < 1.29 is 5.11 Å². The number of nitrogens with one attached hydrogen (secondary N) is 1. The summed E-state index contributed by atoms with van der Waals surface area (Å²) >= 11 is 0. The summed E-state index contributed by atoms with van der Waals surface area (Å²) < 4.78 is 0. The van der Waals surface area contributed by atoms with Gasteiger partial charge in [0.2, 0.25) is 0 Å². The Kier molecular flexibility index (Phi) is 6.41. The van der Waals surface area contributed by atoms with Gasteiger partial charge in [0.1, 0.15) is 0 Å². The van der Waals surface area contributed by atoms with Crippen LogP contribution in [0.2, 0.25) is 0 Å². The third-order valence-corrected chi connectivity index (χ3v) is 3.18. The monoisotopic (exact) mass is 216 g/mol. The van der Waals surface area contributed by atoms with Gasteiger partial charge in [0, 0.05) is 12.1 Å². The number of nitrogens with zero attached hydrogens (tertiary/aromatic N) is 1. The number of rotatable bonds is 6. The smallest absolute Gasteiger partial charge is 0.0584 e. The molecule has 0 saturated carbocycles. The van der Waals surface area contributed by atoms with E-state index in [1.54, 1.807) is 0 Å². The third-order valence-electron chi connectivity index (χ3n) is 3.18. The molecule has 2 atom stereocenters. The maximum atomic E-state index is 9.03. The Balaban J connectivity index is 4.01. The van der Waals surface area contributed by atoms with Gasteiger partial charge in [-0.2, -0.15) is 0 Å². The molecule has 0 saturated heterocycles. The SMILES string of the molecule is CNC(CCN(C)C(C)CO)C(C)(C)C. The van der Waals surface area contributed by atoms with Crippen molar-refractivity contribution >= 4 is 0 Å². The second kappa shape index (κ2) is 6.46. The van der Waals surface area contributed by atoms with Gasteiger partial charge in [-0.1, -0.05) is 20.8 Å². The van der Waals surface area contributed by atoms with Crippen molar-refractivity contribution in [3.63, 3.8) is 0 Å². The van der Waals surface area contributed by atoms with Gasteiger partial charge in [0.05, 0.1) is 6.61 Å². The van der Waals surface area contributed by atoms with Crippen molar-refractivity contribution in [1.29, 1.82) is 0 Å². The molecule has 0 aromatic carbocycles. The zero-order chi connectivity index (χ0) is 12.1. The summed E-state index contributed by atoms with van der Waals surface area (Å²) in [7, 11) is 4.08. The fourth-order valence-corrected chi connectivity index (χ4v) is 1.70. The summed E-state index contributed by atoms with van der Waals surface area (Å²) in [5.41, 5.74) is 0.290. The van der Waals surface area contributed by atoms with Crippen LogP contribution >= 0.6 is 0 Å². The van der Waals surface area contributed by atoms with Gasteiger partial charge in [-0.15, -0.1) is 0 Å². The van der Waals surface area contributed by atoms with Gasteiger partial charge in [-0.05, 0) is 39.4 Å². The molecule has 0 spiro atoms. The average Bonchev–Trinajstić information content (AvgIpc) is 2.15. The molecule has 2 N–H and O–H groups in total. The third kappa shape index (κ3) is 5.50. The highest BCUT2D eigenvalue weighted by Crippen LogP contribution is 2.21. The number of hydrogen-bond donors (Lipinski definition) is 2. The van der Waals surface area contributed by atoms with E-state index in [2.05, 4.69) is 38.0 Å². The van der Waals surface area contributed by atoms with Crippen molar-refractivity contribution in [2.45, 2.75) is 46.2 Å². The maximum absolute atomic E-state index is 9.03. The van der Waals surface area contributed by atoms with Gasteiger partial charge in [-0.3, -0.25) is 0 Å². The lowest BCUT2D eigenvalue weighted by molar-refractivity contribution is 0.145. The van der Waals surface area contributed by atoms with Gasteiger partial charge in [0.15, 0.2) is 0 Å². The molecule has 3 nitrogen and oxygen atoms in total. The van der Waals surface area contributed by atoms with Crippen LogP contribution in [0.1, 0.15) is 34.1 Å². The molecule has 0 rings (SSSR count). The summed E-state index contributed by atoms with van der Waals surface area (Å²) in [5, 5.41) is 12.4. The van der Waals surface area contributed by atoms with Gasteiger partial charge in [-0.25, -0.2) is 0 Å². The summed E-state index contributed by atoms with van der Waals surface area (Å²) in [6.07, 6.45) is 1.11. The molecule has 0 aromatic rings. The molecule has 0 amide bonds. The topological polar surface area (TPSA) is 35.5 Å². The van der Waals surface area contributed by atoms with Crippen molar-refractivity contribution in [3.05, 3.63) is 0 Å². The molecule has 0 heterocycles. The van der Waals surface area contributed by atoms with Crippen molar-refractivity contribution in [1.82, 2.24) is 10.2 Å². The van der Waals surface area contributed by atoms with Crippen molar-refractivity contribution in [2.75, 3.05) is 27.2 Å². The minimum atomic E-state index is 0.232. The molecule has 0 fully saturated rings. The van der Waals surface area contributed by atoms with Crippen molar-refractivity contribution in [3.8, 4) is 0 Å². The predicted octanol–water partition coefficient (Wildman–Crippen LogP) is 1.32. The lowest BCUT2D eigenvalue weighted by Gasteiger charge is -2.33. The van der Waals surface area contributed by atoms with Gasteiger partial charge < -0.3 is 15.3 Å². The van der Waals surface area contributed by atoms with Crippen LogP contribution < -0.4 is 5.32 Å². The molecular weight excluding hydrogens is 188 g/mol. The number of hydrogen-bond acceptors (Lipinski definition) is 3. The van der Waals surface area contributed by atoms with E-state index in [0.29, 0.717) is 6.04 Å². The zero-order valence-corrected chi connectivity index (χ0v) is 11.2. The largest absolute Gasteiger partial charge is 0.395 e. The molecule has 0 aromatic heterocycles. The van der Waals surface area contributed by atoms with E-state index >= 15 is 0 Å². The molecule has 0 aliphatic carbocycles. The Hall–Kier alpha value is -0.120. The van der Waals surface area contributed by atoms with E-state index in [4.69, 9.17) is 5.11 Å². The Morgan fingerprint density at radius 2 is 1.87 bits per heavy atom. The number of likely N-dealkylation sites (N-methyl/N-ethyl adjacent to an activating group) is 1. The molecule has 92 valence electrons. The van der Waals surface area contributed by atoms with Gasteiger partial charge in [0.25, 0.3) is 0 Å². The van der Waals surface area contributed by atoms with E-state index in [9.17, 15) is 0 Å². The summed E-state index contributed by atoms with van der Waals surface area (Å²) in [6, 6.07) is 0.772. The van der Waals surface area contributed by atoms with Crippen molar-refractivity contribution in [2.24, 2.45) is 5.41 Å². The number of aliphatic hydroxyl groups excluding tert-OH is 1. The molecule has 0 aliphatic heterocycles. The Morgan fingerprint density at radius 1 is 1.33 bits per heavy atom. The minimum absolute atomic E-state index is 0.232. The van der Waals surface area contributed by atoms with E-state index in [0.717, 1.165) is 13.0 Å². The predicted molar refractivity (Wildman–Crippen MR) is 66.1 cm³/mol. The fourth-order valence-electron chi connectivity index (χ4n) is 1.70. The Labute approximate surface area is 94.9 Å². The minimum Gasteiger partial charge on any atom is -0.395 e. The van der Waals surface area contributed by atoms with Crippen LogP contribution in [-0.2, 0) is 0 Å². The molecule has 15 heavy (non-hydrogen) atoms. The highest BCUT2D eigenvalue weighted by Gasteiger charge is 2.23.